The normalized spacial score (nSPS) is 12.3. The number of hydrogen-bond acceptors (Lipinski definition) is 5. The lowest BCUT2D eigenvalue weighted by Gasteiger charge is -2.31. The molecule has 20 heavy (non-hydrogen) atoms. The maximum Gasteiger partial charge on any atom is 0.165 e. The summed E-state index contributed by atoms with van der Waals surface area (Å²) < 4.78 is 1.93. The molecule has 0 radical (unpaired) electrons. The van der Waals surface area contributed by atoms with Crippen LogP contribution in [-0.2, 0) is 13.1 Å². The second-order valence-electron chi connectivity index (χ2n) is 6.25. The van der Waals surface area contributed by atoms with Crippen LogP contribution in [0, 0.1) is 5.41 Å². The molecule has 0 fully saturated rings. The Labute approximate surface area is 122 Å². The van der Waals surface area contributed by atoms with Gasteiger partial charge in [0.15, 0.2) is 5.82 Å². The van der Waals surface area contributed by atoms with E-state index in [0.717, 1.165) is 51.3 Å². The molecule has 0 spiro atoms. The number of hydrogen-bond donors (Lipinski definition) is 1. The van der Waals surface area contributed by atoms with Gasteiger partial charge < -0.3 is 5.73 Å². The summed E-state index contributed by atoms with van der Waals surface area (Å²) in [4.78, 5) is 2.40. The van der Waals surface area contributed by atoms with Crippen LogP contribution in [0.4, 0.5) is 0 Å². The van der Waals surface area contributed by atoms with Gasteiger partial charge in [0.05, 0.1) is 6.54 Å². The van der Waals surface area contributed by atoms with Crippen molar-refractivity contribution in [2.24, 2.45) is 11.1 Å². The zero-order chi connectivity index (χ0) is 15.0. The van der Waals surface area contributed by atoms with Gasteiger partial charge in [-0.1, -0.05) is 34.1 Å². The summed E-state index contributed by atoms with van der Waals surface area (Å²) in [6.45, 7) is 13.2. The molecule has 1 rings (SSSR count). The minimum absolute atomic E-state index is 0.122. The van der Waals surface area contributed by atoms with Crippen molar-refractivity contribution in [3.63, 3.8) is 0 Å². The first-order valence-corrected chi connectivity index (χ1v) is 7.70. The summed E-state index contributed by atoms with van der Waals surface area (Å²) >= 11 is 0. The molecule has 0 atom stereocenters. The smallest absolute Gasteiger partial charge is 0.165 e. The molecule has 0 aromatic carbocycles. The highest BCUT2D eigenvalue weighted by Gasteiger charge is 2.21. The van der Waals surface area contributed by atoms with E-state index in [4.69, 9.17) is 5.73 Å². The van der Waals surface area contributed by atoms with E-state index in [2.05, 4.69) is 48.1 Å². The third-order valence-corrected chi connectivity index (χ3v) is 3.44. The minimum Gasteiger partial charge on any atom is -0.330 e. The van der Waals surface area contributed by atoms with Gasteiger partial charge in [0.2, 0.25) is 0 Å². The first kappa shape index (κ1) is 17.0. The average molecular weight is 282 g/mol. The van der Waals surface area contributed by atoms with Crippen LogP contribution in [0.1, 0.15) is 52.8 Å². The number of unbranched alkanes of at least 4 members (excludes halogenated alkanes) is 1. The molecule has 0 unspecified atom stereocenters. The Morgan fingerprint density at radius 3 is 2.60 bits per heavy atom. The van der Waals surface area contributed by atoms with Crippen molar-refractivity contribution in [3.05, 3.63) is 5.82 Å². The third-order valence-electron chi connectivity index (χ3n) is 3.44. The molecule has 0 saturated heterocycles. The van der Waals surface area contributed by atoms with Crippen molar-refractivity contribution in [1.82, 2.24) is 25.1 Å². The van der Waals surface area contributed by atoms with Crippen LogP contribution in [-0.4, -0.2) is 44.7 Å². The highest BCUT2D eigenvalue weighted by molar-refractivity contribution is 4.84. The van der Waals surface area contributed by atoms with Gasteiger partial charge in [-0.2, -0.15) is 0 Å². The second-order valence-corrected chi connectivity index (χ2v) is 6.25. The zero-order valence-corrected chi connectivity index (χ0v) is 13.5. The molecule has 0 aliphatic carbocycles. The minimum atomic E-state index is 0.122. The fourth-order valence-corrected chi connectivity index (χ4v) is 2.22. The molecule has 1 aromatic rings. The van der Waals surface area contributed by atoms with Crippen LogP contribution in [0.15, 0.2) is 0 Å². The largest absolute Gasteiger partial charge is 0.330 e. The molecule has 0 bridgehead atoms. The molecule has 6 heteroatoms. The molecule has 1 heterocycles. The SMILES string of the molecule is CCCCn1nnnc1CN(CCC)CC(C)(C)CN. The molecule has 0 aliphatic heterocycles. The van der Waals surface area contributed by atoms with Crippen LogP contribution in [0.5, 0.6) is 0 Å². The van der Waals surface area contributed by atoms with Gasteiger partial charge in [0.25, 0.3) is 0 Å². The van der Waals surface area contributed by atoms with Gasteiger partial charge in [0.1, 0.15) is 0 Å². The van der Waals surface area contributed by atoms with Gasteiger partial charge in [-0.05, 0) is 41.8 Å². The predicted molar refractivity (Wildman–Crippen MR) is 81.1 cm³/mol. The lowest BCUT2D eigenvalue weighted by molar-refractivity contribution is 0.170. The Morgan fingerprint density at radius 2 is 2.00 bits per heavy atom. The van der Waals surface area contributed by atoms with E-state index in [9.17, 15) is 0 Å². The van der Waals surface area contributed by atoms with Crippen molar-refractivity contribution in [1.29, 1.82) is 0 Å². The van der Waals surface area contributed by atoms with E-state index in [1.165, 1.54) is 0 Å². The Kier molecular flexibility index (Phi) is 7.09. The summed E-state index contributed by atoms with van der Waals surface area (Å²) in [5, 5.41) is 12.1. The predicted octanol–water partition coefficient (Wildman–Crippen LogP) is 1.67. The molecular formula is C14H30N6. The van der Waals surface area contributed by atoms with Crippen molar-refractivity contribution < 1.29 is 0 Å². The van der Waals surface area contributed by atoms with Gasteiger partial charge in [-0.15, -0.1) is 5.10 Å². The number of nitrogens with two attached hydrogens (primary N) is 1. The number of aromatic nitrogens is 4. The molecular weight excluding hydrogens is 252 g/mol. The average Bonchev–Trinajstić information content (AvgIpc) is 2.83. The van der Waals surface area contributed by atoms with Gasteiger partial charge >= 0.3 is 0 Å². The highest BCUT2D eigenvalue weighted by Crippen LogP contribution is 2.16. The lowest BCUT2D eigenvalue weighted by atomic mass is 9.93. The van der Waals surface area contributed by atoms with E-state index < -0.39 is 0 Å². The van der Waals surface area contributed by atoms with E-state index in [0.29, 0.717) is 6.54 Å². The molecule has 2 N–H and O–H groups in total. The van der Waals surface area contributed by atoms with Crippen LogP contribution in [0.3, 0.4) is 0 Å². The van der Waals surface area contributed by atoms with Crippen molar-refractivity contribution in [3.8, 4) is 0 Å². The molecule has 0 amide bonds. The van der Waals surface area contributed by atoms with E-state index >= 15 is 0 Å². The molecule has 116 valence electrons. The summed E-state index contributed by atoms with van der Waals surface area (Å²) in [5.41, 5.74) is 5.97. The monoisotopic (exact) mass is 282 g/mol. The Morgan fingerprint density at radius 1 is 1.25 bits per heavy atom. The Bertz CT molecular complexity index is 373. The lowest BCUT2D eigenvalue weighted by Crippen LogP contribution is -2.39. The molecule has 1 aromatic heterocycles. The zero-order valence-electron chi connectivity index (χ0n) is 13.5. The van der Waals surface area contributed by atoms with Gasteiger partial charge in [-0.3, -0.25) is 4.90 Å². The summed E-state index contributed by atoms with van der Waals surface area (Å²) in [6.07, 6.45) is 3.38. The first-order chi connectivity index (χ1) is 9.52. The van der Waals surface area contributed by atoms with Gasteiger partial charge in [0, 0.05) is 13.1 Å². The van der Waals surface area contributed by atoms with Crippen molar-refractivity contribution in [2.45, 2.75) is 60.0 Å². The van der Waals surface area contributed by atoms with Crippen molar-refractivity contribution >= 4 is 0 Å². The maximum atomic E-state index is 5.85. The molecule has 6 nitrogen and oxygen atoms in total. The fourth-order valence-electron chi connectivity index (χ4n) is 2.22. The number of aryl methyl sites for hydroxylation is 1. The highest BCUT2D eigenvalue weighted by atomic mass is 15.5. The molecule has 0 saturated carbocycles. The first-order valence-electron chi connectivity index (χ1n) is 7.70. The topological polar surface area (TPSA) is 72.9 Å². The van der Waals surface area contributed by atoms with Gasteiger partial charge in [-0.25, -0.2) is 4.68 Å². The number of rotatable bonds is 10. The maximum absolute atomic E-state index is 5.85. The van der Waals surface area contributed by atoms with E-state index in [1.807, 2.05) is 4.68 Å². The van der Waals surface area contributed by atoms with Crippen molar-refractivity contribution in [2.75, 3.05) is 19.6 Å². The third kappa shape index (κ3) is 5.54. The van der Waals surface area contributed by atoms with Crippen LogP contribution in [0.25, 0.3) is 0 Å². The summed E-state index contributed by atoms with van der Waals surface area (Å²) in [5.74, 6) is 0.958. The summed E-state index contributed by atoms with van der Waals surface area (Å²) in [6, 6.07) is 0. The number of tetrazole rings is 1. The number of nitrogens with zero attached hydrogens (tertiary/aromatic N) is 5. The van der Waals surface area contributed by atoms with E-state index in [-0.39, 0.29) is 5.41 Å². The second kappa shape index (κ2) is 8.32. The quantitative estimate of drug-likeness (QED) is 0.706. The van der Waals surface area contributed by atoms with Crippen LogP contribution >= 0.6 is 0 Å². The fraction of sp³-hybridized carbons (Fsp3) is 0.929. The molecule has 0 aliphatic rings. The van der Waals surface area contributed by atoms with E-state index in [1.54, 1.807) is 0 Å². The Balaban J connectivity index is 2.67. The van der Waals surface area contributed by atoms with Crippen LogP contribution < -0.4 is 5.73 Å². The standard InChI is InChI=1S/C14H30N6/c1-5-7-9-20-13(16-17-18-20)10-19(8-6-2)12-14(3,4)11-15/h5-12,15H2,1-4H3. The summed E-state index contributed by atoms with van der Waals surface area (Å²) in [7, 11) is 0. The van der Waals surface area contributed by atoms with Crippen LogP contribution in [0.2, 0.25) is 0 Å². The Hall–Kier alpha value is -1.01.